The molecule has 0 aliphatic carbocycles. The molecule has 0 bridgehead atoms. The second-order valence-electron chi connectivity index (χ2n) is 3.76. The molecule has 1 amide bonds. The van der Waals surface area contributed by atoms with Gasteiger partial charge in [-0.25, -0.2) is 4.79 Å². The highest BCUT2D eigenvalue weighted by Crippen LogP contribution is 2.23. The Morgan fingerprint density at radius 2 is 2.15 bits per heavy atom. The lowest BCUT2D eigenvalue weighted by Crippen LogP contribution is -2.20. The van der Waals surface area contributed by atoms with Crippen LogP contribution in [0.5, 0.6) is 5.75 Å². The van der Waals surface area contributed by atoms with Crippen molar-refractivity contribution in [2.75, 3.05) is 11.9 Å². The fraction of sp³-hybridized carbons (Fsp3) is 0.0769. The van der Waals surface area contributed by atoms with Gasteiger partial charge in [-0.3, -0.25) is 4.79 Å². The normalized spacial score (nSPS) is 10.1. The molecule has 0 aliphatic rings. The van der Waals surface area contributed by atoms with Gasteiger partial charge in [-0.2, -0.15) is 0 Å². The van der Waals surface area contributed by atoms with Gasteiger partial charge in [-0.05, 0) is 29.6 Å². The monoisotopic (exact) mass is 355 g/mol. The maximum Gasteiger partial charge on any atom is 0.338 e. The van der Waals surface area contributed by atoms with Crippen LogP contribution in [-0.2, 0) is 4.79 Å². The lowest BCUT2D eigenvalue weighted by Gasteiger charge is -2.07. The van der Waals surface area contributed by atoms with Gasteiger partial charge < -0.3 is 15.2 Å². The Hall–Kier alpha value is -1.86. The zero-order valence-corrected chi connectivity index (χ0v) is 12.5. The van der Waals surface area contributed by atoms with E-state index in [-0.39, 0.29) is 12.2 Å². The SMILES string of the molecule is O=C(COc1cccc(Br)c1)Nc1sccc1C(=O)O. The first-order valence-corrected chi connectivity index (χ1v) is 7.22. The second kappa shape index (κ2) is 6.53. The van der Waals surface area contributed by atoms with E-state index in [2.05, 4.69) is 21.2 Å². The highest BCUT2D eigenvalue weighted by molar-refractivity contribution is 9.10. The number of carboxylic acids is 1. The molecule has 1 aromatic carbocycles. The molecule has 0 unspecified atom stereocenters. The zero-order chi connectivity index (χ0) is 14.5. The fourth-order valence-electron chi connectivity index (χ4n) is 1.44. The van der Waals surface area contributed by atoms with Crippen LogP contribution in [0.25, 0.3) is 0 Å². The van der Waals surface area contributed by atoms with E-state index in [1.807, 2.05) is 6.07 Å². The van der Waals surface area contributed by atoms with Gasteiger partial charge in [-0.15, -0.1) is 11.3 Å². The topological polar surface area (TPSA) is 75.6 Å². The van der Waals surface area contributed by atoms with Crippen molar-refractivity contribution in [1.82, 2.24) is 0 Å². The van der Waals surface area contributed by atoms with Crippen LogP contribution < -0.4 is 10.1 Å². The van der Waals surface area contributed by atoms with Gasteiger partial charge in [0.25, 0.3) is 5.91 Å². The molecule has 0 saturated carbocycles. The van der Waals surface area contributed by atoms with Crippen molar-refractivity contribution in [3.05, 3.63) is 45.7 Å². The molecule has 2 aromatic rings. The van der Waals surface area contributed by atoms with Gasteiger partial charge in [0.15, 0.2) is 6.61 Å². The van der Waals surface area contributed by atoms with Crippen molar-refractivity contribution < 1.29 is 19.4 Å². The summed E-state index contributed by atoms with van der Waals surface area (Å²) in [4.78, 5) is 22.6. The van der Waals surface area contributed by atoms with Crippen LogP contribution in [0.3, 0.4) is 0 Å². The Bertz CT molecular complexity index is 641. The molecule has 0 saturated heterocycles. The fourth-order valence-corrected chi connectivity index (χ4v) is 2.62. The molecule has 0 spiro atoms. The van der Waals surface area contributed by atoms with Gasteiger partial charge in [0, 0.05) is 4.47 Å². The first kappa shape index (κ1) is 14.5. The van der Waals surface area contributed by atoms with Crippen LogP contribution >= 0.6 is 27.3 Å². The van der Waals surface area contributed by atoms with E-state index in [9.17, 15) is 9.59 Å². The summed E-state index contributed by atoms with van der Waals surface area (Å²) in [6.07, 6.45) is 0. The minimum atomic E-state index is -1.07. The number of ether oxygens (including phenoxy) is 1. The summed E-state index contributed by atoms with van der Waals surface area (Å²) in [7, 11) is 0. The minimum absolute atomic E-state index is 0.0748. The second-order valence-corrected chi connectivity index (χ2v) is 5.59. The van der Waals surface area contributed by atoms with Gasteiger partial charge in [0.1, 0.15) is 10.8 Å². The Labute approximate surface area is 127 Å². The first-order valence-electron chi connectivity index (χ1n) is 5.55. The third-order valence-electron chi connectivity index (χ3n) is 2.31. The van der Waals surface area contributed by atoms with Crippen LogP contribution in [0.1, 0.15) is 10.4 Å². The van der Waals surface area contributed by atoms with Crippen LogP contribution in [-0.4, -0.2) is 23.6 Å². The van der Waals surface area contributed by atoms with Gasteiger partial charge in [-0.1, -0.05) is 22.0 Å². The predicted octanol–water partition coefficient (Wildman–Crippen LogP) is 3.23. The van der Waals surface area contributed by atoms with Crippen molar-refractivity contribution in [2.45, 2.75) is 0 Å². The van der Waals surface area contributed by atoms with Gasteiger partial charge >= 0.3 is 5.97 Å². The molecule has 5 nitrogen and oxygen atoms in total. The first-order chi connectivity index (χ1) is 9.56. The largest absolute Gasteiger partial charge is 0.484 e. The van der Waals surface area contributed by atoms with Crippen LogP contribution in [0, 0.1) is 0 Å². The molecule has 1 aromatic heterocycles. The van der Waals surface area contributed by atoms with E-state index >= 15 is 0 Å². The van der Waals surface area contributed by atoms with Gasteiger partial charge in [0.05, 0.1) is 5.56 Å². The van der Waals surface area contributed by atoms with E-state index < -0.39 is 11.9 Å². The Kier molecular flexibility index (Phi) is 4.75. The van der Waals surface area contributed by atoms with Crippen LogP contribution in [0.15, 0.2) is 40.2 Å². The number of halogens is 1. The predicted molar refractivity (Wildman–Crippen MR) is 79.5 cm³/mol. The van der Waals surface area contributed by atoms with E-state index in [0.29, 0.717) is 10.8 Å². The summed E-state index contributed by atoms with van der Waals surface area (Å²) in [6.45, 7) is -0.187. The number of carbonyl (C=O) groups is 2. The maximum atomic E-state index is 11.7. The number of hydrogen-bond donors (Lipinski definition) is 2. The van der Waals surface area contributed by atoms with Gasteiger partial charge in [0.2, 0.25) is 0 Å². The third-order valence-corrected chi connectivity index (χ3v) is 3.64. The standard InChI is InChI=1S/C13H10BrNO4S/c14-8-2-1-3-9(6-8)19-7-11(16)15-12-10(13(17)18)4-5-20-12/h1-6H,7H2,(H,15,16)(H,17,18). The minimum Gasteiger partial charge on any atom is -0.484 e. The molecule has 2 N–H and O–H groups in total. The summed E-state index contributed by atoms with van der Waals surface area (Å²) in [5, 5.41) is 13.4. The number of benzene rings is 1. The summed E-state index contributed by atoms with van der Waals surface area (Å²) >= 11 is 4.45. The molecule has 0 radical (unpaired) electrons. The van der Waals surface area contributed by atoms with Crippen molar-refractivity contribution >= 4 is 44.1 Å². The third kappa shape index (κ3) is 3.82. The number of carboxylic acid groups (broad SMARTS) is 1. The lowest BCUT2D eigenvalue weighted by atomic mass is 10.3. The molecule has 104 valence electrons. The number of amides is 1. The lowest BCUT2D eigenvalue weighted by molar-refractivity contribution is -0.118. The van der Waals surface area contributed by atoms with E-state index in [1.54, 1.807) is 23.6 Å². The number of nitrogens with one attached hydrogen (secondary N) is 1. The van der Waals surface area contributed by atoms with Crippen LogP contribution in [0.4, 0.5) is 5.00 Å². The Morgan fingerprint density at radius 1 is 1.35 bits per heavy atom. The molecule has 0 fully saturated rings. The number of hydrogen-bond acceptors (Lipinski definition) is 4. The Balaban J connectivity index is 1.93. The molecule has 0 atom stereocenters. The number of anilines is 1. The number of thiophene rings is 1. The number of carbonyl (C=O) groups excluding carboxylic acids is 1. The molecule has 1 heterocycles. The maximum absolute atomic E-state index is 11.7. The molecular weight excluding hydrogens is 346 g/mol. The van der Waals surface area contributed by atoms with Crippen molar-refractivity contribution in [3.8, 4) is 5.75 Å². The van der Waals surface area contributed by atoms with Crippen molar-refractivity contribution in [1.29, 1.82) is 0 Å². The van der Waals surface area contributed by atoms with E-state index in [0.717, 1.165) is 15.8 Å². The highest BCUT2D eigenvalue weighted by atomic mass is 79.9. The smallest absolute Gasteiger partial charge is 0.338 e. The quantitative estimate of drug-likeness (QED) is 0.863. The highest BCUT2D eigenvalue weighted by Gasteiger charge is 2.14. The number of aromatic carboxylic acids is 1. The summed E-state index contributed by atoms with van der Waals surface area (Å²) in [6, 6.07) is 8.54. The molecular formula is C13H10BrNO4S. The van der Waals surface area contributed by atoms with E-state index in [1.165, 1.54) is 6.07 Å². The average Bonchev–Trinajstić information content (AvgIpc) is 2.85. The van der Waals surface area contributed by atoms with Crippen molar-refractivity contribution in [2.24, 2.45) is 0 Å². The molecule has 2 rings (SSSR count). The van der Waals surface area contributed by atoms with Crippen LogP contribution in [0.2, 0.25) is 0 Å². The van der Waals surface area contributed by atoms with E-state index in [4.69, 9.17) is 9.84 Å². The summed E-state index contributed by atoms with van der Waals surface area (Å²) in [5.41, 5.74) is 0.0748. The van der Waals surface area contributed by atoms with Crippen molar-refractivity contribution in [3.63, 3.8) is 0 Å². The zero-order valence-electron chi connectivity index (χ0n) is 10.1. The summed E-state index contributed by atoms with van der Waals surface area (Å²) in [5.74, 6) is -0.927. The summed E-state index contributed by atoms with van der Waals surface area (Å²) < 4.78 is 6.16. The molecule has 7 heteroatoms. The Morgan fingerprint density at radius 3 is 2.85 bits per heavy atom. The molecule has 0 aliphatic heterocycles. The number of rotatable bonds is 5. The molecule has 20 heavy (non-hydrogen) atoms. The average molecular weight is 356 g/mol.